The van der Waals surface area contributed by atoms with E-state index < -0.39 is 6.10 Å². The molecule has 1 N–H and O–H groups in total. The van der Waals surface area contributed by atoms with Crippen molar-refractivity contribution >= 4 is 22.4 Å². The molecule has 0 radical (unpaired) electrons. The summed E-state index contributed by atoms with van der Waals surface area (Å²) in [6.07, 6.45) is 0.897. The Labute approximate surface area is 109 Å². The first-order valence-corrected chi connectivity index (χ1v) is 6.12. The van der Waals surface area contributed by atoms with E-state index in [9.17, 15) is 9.90 Å². The molecule has 4 nitrogen and oxygen atoms in total. The van der Waals surface area contributed by atoms with Gasteiger partial charge in [-0.1, -0.05) is 18.2 Å². The predicted octanol–water partition coefficient (Wildman–Crippen LogP) is 1.52. The quantitative estimate of drug-likeness (QED) is 0.855. The van der Waals surface area contributed by atoms with Crippen LogP contribution in [-0.2, 0) is 7.05 Å². The number of rotatable bonds is 4. The highest BCUT2D eigenvalue weighted by Gasteiger charge is 2.09. The number of aryl methyl sites for hydroxylation is 1. The van der Waals surface area contributed by atoms with Crippen LogP contribution >= 0.6 is 11.6 Å². The van der Waals surface area contributed by atoms with Crippen LogP contribution in [0.1, 0.15) is 0 Å². The van der Waals surface area contributed by atoms with Crippen LogP contribution in [0.3, 0.4) is 0 Å². The van der Waals surface area contributed by atoms with E-state index in [1.165, 1.54) is 4.57 Å². The molecule has 96 valence electrons. The smallest absolute Gasteiger partial charge is 0.258 e. The van der Waals surface area contributed by atoms with Gasteiger partial charge in [0.25, 0.3) is 5.56 Å². The summed E-state index contributed by atoms with van der Waals surface area (Å²) in [6.45, 7) is 0.103. The number of aliphatic hydroxyl groups is 1. The van der Waals surface area contributed by atoms with Gasteiger partial charge in [0.05, 0.1) is 11.3 Å². The molecule has 1 aromatic heterocycles. The molecule has 0 fully saturated rings. The van der Waals surface area contributed by atoms with Crippen molar-refractivity contribution in [1.29, 1.82) is 0 Å². The van der Waals surface area contributed by atoms with Gasteiger partial charge in [-0.05, 0) is 6.07 Å². The summed E-state index contributed by atoms with van der Waals surface area (Å²) in [7, 11) is 1.67. The van der Waals surface area contributed by atoms with Gasteiger partial charge in [-0.25, -0.2) is 0 Å². The maximum Gasteiger partial charge on any atom is 0.258 e. The third-order valence-electron chi connectivity index (χ3n) is 2.66. The van der Waals surface area contributed by atoms with E-state index >= 15 is 0 Å². The lowest BCUT2D eigenvalue weighted by molar-refractivity contribution is 0.126. The standard InChI is InChI=1S/C13H14ClNO3/c1-15-7-12(18-8-9(16)6-14)10-4-2-3-5-11(10)13(15)17/h2-5,7,9,16H,6,8H2,1H3. The maximum atomic E-state index is 11.9. The van der Waals surface area contributed by atoms with Gasteiger partial charge in [-0.15, -0.1) is 11.6 Å². The summed E-state index contributed by atoms with van der Waals surface area (Å²) in [5.41, 5.74) is -0.0733. The molecule has 0 spiro atoms. The summed E-state index contributed by atoms with van der Waals surface area (Å²) in [4.78, 5) is 11.9. The number of pyridine rings is 1. The number of hydrogen-bond donors (Lipinski definition) is 1. The van der Waals surface area contributed by atoms with E-state index in [2.05, 4.69) is 0 Å². The van der Waals surface area contributed by atoms with Crippen molar-refractivity contribution in [3.05, 3.63) is 40.8 Å². The number of benzene rings is 1. The molecule has 18 heavy (non-hydrogen) atoms. The third-order valence-corrected chi connectivity index (χ3v) is 3.02. The topological polar surface area (TPSA) is 51.5 Å². The first-order valence-electron chi connectivity index (χ1n) is 5.58. The van der Waals surface area contributed by atoms with Gasteiger partial charge in [0, 0.05) is 18.6 Å². The van der Waals surface area contributed by atoms with Crippen LogP contribution in [0.5, 0.6) is 5.75 Å². The highest BCUT2D eigenvalue weighted by Crippen LogP contribution is 2.22. The molecule has 1 unspecified atom stereocenters. The van der Waals surface area contributed by atoms with Gasteiger partial charge in [0.15, 0.2) is 0 Å². The van der Waals surface area contributed by atoms with Gasteiger partial charge in [-0.2, -0.15) is 0 Å². The Kier molecular flexibility index (Phi) is 3.89. The lowest BCUT2D eigenvalue weighted by Crippen LogP contribution is -2.21. The second-order valence-corrected chi connectivity index (χ2v) is 4.38. The zero-order chi connectivity index (χ0) is 13.1. The summed E-state index contributed by atoms with van der Waals surface area (Å²) in [5.74, 6) is 0.681. The average Bonchev–Trinajstić information content (AvgIpc) is 2.41. The summed E-state index contributed by atoms with van der Waals surface area (Å²) in [5, 5.41) is 10.7. The van der Waals surface area contributed by atoms with Gasteiger partial charge >= 0.3 is 0 Å². The molecule has 0 bridgehead atoms. The second-order valence-electron chi connectivity index (χ2n) is 4.07. The number of ether oxygens (including phenoxy) is 1. The Balaban J connectivity index is 2.44. The number of fused-ring (bicyclic) bond motifs is 1. The molecular weight excluding hydrogens is 254 g/mol. The number of hydrogen-bond acceptors (Lipinski definition) is 3. The Hall–Kier alpha value is -1.52. The molecule has 2 aromatic rings. The van der Waals surface area contributed by atoms with E-state index in [1.807, 2.05) is 12.1 Å². The summed E-state index contributed by atoms with van der Waals surface area (Å²) >= 11 is 5.51. The van der Waals surface area contributed by atoms with Crippen LogP contribution < -0.4 is 10.3 Å². The number of alkyl halides is 1. The molecule has 2 rings (SSSR count). The third kappa shape index (κ3) is 2.49. The van der Waals surface area contributed by atoms with Crippen LogP contribution in [0.4, 0.5) is 0 Å². The molecule has 1 heterocycles. The molecule has 1 atom stereocenters. The zero-order valence-electron chi connectivity index (χ0n) is 9.97. The van der Waals surface area contributed by atoms with Crippen LogP contribution in [0.2, 0.25) is 0 Å². The fraction of sp³-hybridized carbons (Fsp3) is 0.308. The highest BCUT2D eigenvalue weighted by atomic mass is 35.5. The molecular formula is C13H14ClNO3. The molecule has 0 saturated heterocycles. The molecule has 0 aliphatic rings. The number of aromatic nitrogens is 1. The summed E-state index contributed by atoms with van der Waals surface area (Å²) < 4.78 is 6.98. The first kappa shape index (κ1) is 12.9. The van der Waals surface area contributed by atoms with Crippen LogP contribution in [-0.4, -0.2) is 28.3 Å². The van der Waals surface area contributed by atoms with Crippen molar-refractivity contribution in [3.63, 3.8) is 0 Å². The predicted molar refractivity (Wildman–Crippen MR) is 71.4 cm³/mol. The zero-order valence-corrected chi connectivity index (χ0v) is 10.7. The van der Waals surface area contributed by atoms with Crippen molar-refractivity contribution in [2.75, 3.05) is 12.5 Å². The van der Waals surface area contributed by atoms with E-state index in [0.717, 1.165) is 5.39 Å². The second kappa shape index (κ2) is 5.42. The number of halogens is 1. The van der Waals surface area contributed by atoms with Gasteiger partial charge in [0.1, 0.15) is 18.5 Å². The average molecular weight is 268 g/mol. The fourth-order valence-corrected chi connectivity index (χ4v) is 1.81. The minimum atomic E-state index is -0.720. The first-order chi connectivity index (χ1) is 8.63. The molecule has 0 aliphatic carbocycles. The van der Waals surface area contributed by atoms with E-state index in [1.54, 1.807) is 25.4 Å². The molecule has 1 aromatic carbocycles. The Morgan fingerprint density at radius 3 is 2.72 bits per heavy atom. The molecule has 0 aliphatic heterocycles. The summed E-state index contributed by atoms with van der Waals surface area (Å²) in [6, 6.07) is 7.22. The van der Waals surface area contributed by atoms with Crippen LogP contribution in [0, 0.1) is 0 Å². The lowest BCUT2D eigenvalue weighted by Gasteiger charge is -2.13. The van der Waals surface area contributed by atoms with Crippen molar-refractivity contribution in [1.82, 2.24) is 4.57 Å². The van der Waals surface area contributed by atoms with Gasteiger partial charge < -0.3 is 14.4 Å². The maximum absolute atomic E-state index is 11.9. The highest BCUT2D eigenvalue weighted by molar-refractivity contribution is 6.18. The fourth-order valence-electron chi connectivity index (χ4n) is 1.72. The van der Waals surface area contributed by atoms with E-state index in [-0.39, 0.29) is 18.0 Å². The molecule has 0 saturated carbocycles. The number of nitrogens with zero attached hydrogens (tertiary/aromatic N) is 1. The minimum absolute atomic E-state index is 0.0733. The Morgan fingerprint density at radius 2 is 2.06 bits per heavy atom. The van der Waals surface area contributed by atoms with Crippen LogP contribution in [0.25, 0.3) is 10.8 Å². The van der Waals surface area contributed by atoms with Crippen molar-refractivity contribution in [3.8, 4) is 5.75 Å². The lowest BCUT2D eigenvalue weighted by atomic mass is 10.1. The molecule has 5 heteroatoms. The largest absolute Gasteiger partial charge is 0.489 e. The van der Waals surface area contributed by atoms with Crippen molar-refractivity contribution in [2.24, 2.45) is 7.05 Å². The van der Waals surface area contributed by atoms with Crippen LogP contribution in [0.15, 0.2) is 35.3 Å². The van der Waals surface area contributed by atoms with E-state index in [4.69, 9.17) is 16.3 Å². The Bertz CT molecular complexity index is 609. The molecule has 0 amide bonds. The minimum Gasteiger partial charge on any atom is -0.489 e. The monoisotopic (exact) mass is 267 g/mol. The SMILES string of the molecule is Cn1cc(OCC(O)CCl)c2ccccc2c1=O. The Morgan fingerprint density at radius 1 is 1.39 bits per heavy atom. The van der Waals surface area contributed by atoms with Crippen molar-refractivity contribution < 1.29 is 9.84 Å². The number of aliphatic hydroxyl groups excluding tert-OH is 1. The normalized spacial score (nSPS) is 12.6. The van der Waals surface area contributed by atoms with Crippen molar-refractivity contribution in [2.45, 2.75) is 6.10 Å². The van der Waals surface area contributed by atoms with Gasteiger partial charge in [0.2, 0.25) is 0 Å². The van der Waals surface area contributed by atoms with Gasteiger partial charge in [-0.3, -0.25) is 4.79 Å². The van der Waals surface area contributed by atoms with E-state index in [0.29, 0.717) is 11.1 Å².